The van der Waals surface area contributed by atoms with E-state index < -0.39 is 0 Å². The summed E-state index contributed by atoms with van der Waals surface area (Å²) in [7, 11) is 0. The van der Waals surface area contributed by atoms with Gasteiger partial charge in [0.25, 0.3) is 5.78 Å². The lowest BCUT2D eigenvalue weighted by Gasteiger charge is -2.22. The number of rotatable bonds is 1. The second kappa shape index (κ2) is 4.18. The zero-order valence-corrected chi connectivity index (χ0v) is 11.3. The normalized spacial score (nSPS) is 26.9. The Morgan fingerprint density at radius 3 is 2.63 bits per heavy atom. The van der Waals surface area contributed by atoms with Gasteiger partial charge < -0.3 is 4.90 Å². The van der Waals surface area contributed by atoms with Crippen LogP contribution < -0.4 is 4.90 Å². The fraction of sp³-hybridized carbons (Fsp3) is 0.643. The van der Waals surface area contributed by atoms with Crippen LogP contribution in [0.3, 0.4) is 0 Å². The van der Waals surface area contributed by atoms with E-state index in [-0.39, 0.29) is 0 Å². The second-order valence-electron chi connectivity index (χ2n) is 5.94. The highest BCUT2D eigenvalue weighted by atomic mass is 15.4. The molecule has 5 nitrogen and oxygen atoms in total. The molecule has 0 bridgehead atoms. The van der Waals surface area contributed by atoms with Gasteiger partial charge in [-0.1, -0.05) is 12.8 Å². The maximum atomic E-state index is 4.42. The van der Waals surface area contributed by atoms with Crippen LogP contribution in [0.5, 0.6) is 0 Å². The zero-order chi connectivity index (χ0) is 12.8. The van der Waals surface area contributed by atoms with E-state index in [0.717, 1.165) is 23.3 Å². The molecule has 2 atom stereocenters. The molecule has 19 heavy (non-hydrogen) atoms. The molecule has 1 saturated carbocycles. The fourth-order valence-corrected chi connectivity index (χ4v) is 3.73. The largest absolute Gasteiger partial charge is 0.356 e. The standard InChI is InChI=1S/C14H19N5/c1-10-6-13(19-14(17-10)15-9-16-19)18-7-11-4-2-3-5-12(11)8-18/h6,9,11-12H,2-5,7-8H2,1H3/t11-,12-/m1/s1. The minimum Gasteiger partial charge on any atom is -0.356 e. The van der Waals surface area contributed by atoms with Crippen LogP contribution in [0.4, 0.5) is 5.82 Å². The van der Waals surface area contributed by atoms with Gasteiger partial charge in [-0.25, -0.2) is 4.98 Å². The molecule has 0 aromatic carbocycles. The summed E-state index contributed by atoms with van der Waals surface area (Å²) in [5.41, 5.74) is 1.02. The van der Waals surface area contributed by atoms with E-state index in [9.17, 15) is 0 Å². The summed E-state index contributed by atoms with van der Waals surface area (Å²) < 4.78 is 1.88. The van der Waals surface area contributed by atoms with Gasteiger partial charge in [-0.2, -0.15) is 14.6 Å². The van der Waals surface area contributed by atoms with Crippen molar-refractivity contribution in [3.8, 4) is 0 Å². The number of aromatic nitrogens is 4. The van der Waals surface area contributed by atoms with Gasteiger partial charge in [0.2, 0.25) is 0 Å². The Bertz CT molecular complexity index is 591. The first-order chi connectivity index (χ1) is 9.31. The number of fused-ring (bicyclic) bond motifs is 2. The molecule has 1 saturated heterocycles. The molecule has 2 aromatic heterocycles. The molecule has 2 aliphatic rings. The van der Waals surface area contributed by atoms with E-state index in [1.54, 1.807) is 6.33 Å². The van der Waals surface area contributed by atoms with Crippen molar-refractivity contribution in [1.29, 1.82) is 0 Å². The summed E-state index contributed by atoms with van der Waals surface area (Å²) in [5.74, 6) is 3.63. The zero-order valence-electron chi connectivity index (χ0n) is 11.3. The van der Waals surface area contributed by atoms with Crippen molar-refractivity contribution >= 4 is 11.6 Å². The first-order valence-corrected chi connectivity index (χ1v) is 7.23. The minimum atomic E-state index is 0.713. The lowest BCUT2D eigenvalue weighted by Crippen LogP contribution is -2.23. The van der Waals surface area contributed by atoms with Gasteiger partial charge in [0, 0.05) is 24.8 Å². The molecular formula is C14H19N5. The van der Waals surface area contributed by atoms with E-state index in [2.05, 4.69) is 26.0 Å². The summed E-state index contributed by atoms with van der Waals surface area (Å²) in [6, 6.07) is 2.14. The predicted molar refractivity (Wildman–Crippen MR) is 73.2 cm³/mol. The Morgan fingerprint density at radius 1 is 1.16 bits per heavy atom. The van der Waals surface area contributed by atoms with Gasteiger partial charge in [-0.15, -0.1) is 0 Å². The minimum absolute atomic E-state index is 0.713. The van der Waals surface area contributed by atoms with Gasteiger partial charge in [0.15, 0.2) is 0 Å². The number of hydrogen-bond donors (Lipinski definition) is 0. The van der Waals surface area contributed by atoms with E-state index in [1.807, 2.05) is 11.4 Å². The molecule has 0 N–H and O–H groups in total. The number of anilines is 1. The predicted octanol–water partition coefficient (Wildman–Crippen LogP) is 2.06. The Hall–Kier alpha value is -1.65. The van der Waals surface area contributed by atoms with Crippen LogP contribution in [0.2, 0.25) is 0 Å². The van der Waals surface area contributed by atoms with Gasteiger partial charge in [-0.3, -0.25) is 0 Å². The molecule has 0 amide bonds. The molecule has 0 spiro atoms. The average Bonchev–Trinajstić information content (AvgIpc) is 3.03. The summed E-state index contributed by atoms with van der Waals surface area (Å²) in [6.07, 6.45) is 7.19. The third-order valence-corrected chi connectivity index (χ3v) is 4.66. The number of hydrogen-bond acceptors (Lipinski definition) is 4. The lowest BCUT2D eigenvalue weighted by atomic mass is 9.82. The molecule has 4 rings (SSSR count). The highest BCUT2D eigenvalue weighted by molar-refractivity contribution is 5.48. The summed E-state index contributed by atoms with van der Waals surface area (Å²) in [5, 5.41) is 4.32. The Kier molecular flexibility index (Phi) is 2.47. The molecule has 1 aliphatic heterocycles. The Morgan fingerprint density at radius 2 is 1.89 bits per heavy atom. The average molecular weight is 257 g/mol. The maximum absolute atomic E-state index is 4.42. The highest BCUT2D eigenvalue weighted by Crippen LogP contribution is 2.37. The van der Waals surface area contributed by atoms with Gasteiger partial charge in [0.1, 0.15) is 12.1 Å². The molecule has 3 heterocycles. The molecule has 1 aliphatic carbocycles. The summed E-state index contributed by atoms with van der Waals surface area (Å²) in [6.45, 7) is 4.37. The molecular weight excluding hydrogens is 238 g/mol. The molecule has 100 valence electrons. The molecule has 5 heteroatoms. The van der Waals surface area contributed by atoms with Crippen LogP contribution in [0.1, 0.15) is 31.4 Å². The third-order valence-electron chi connectivity index (χ3n) is 4.66. The summed E-state index contributed by atoms with van der Waals surface area (Å²) in [4.78, 5) is 11.1. The monoisotopic (exact) mass is 257 g/mol. The lowest BCUT2D eigenvalue weighted by molar-refractivity contribution is 0.299. The fourth-order valence-electron chi connectivity index (χ4n) is 3.73. The molecule has 2 fully saturated rings. The smallest absolute Gasteiger partial charge is 0.254 e. The first-order valence-electron chi connectivity index (χ1n) is 7.23. The third kappa shape index (κ3) is 1.79. The highest BCUT2D eigenvalue weighted by Gasteiger charge is 2.35. The van der Waals surface area contributed by atoms with Crippen molar-refractivity contribution in [2.75, 3.05) is 18.0 Å². The molecule has 0 unspecified atom stereocenters. The van der Waals surface area contributed by atoms with Crippen molar-refractivity contribution in [1.82, 2.24) is 19.6 Å². The van der Waals surface area contributed by atoms with Crippen molar-refractivity contribution in [3.63, 3.8) is 0 Å². The second-order valence-corrected chi connectivity index (χ2v) is 5.94. The quantitative estimate of drug-likeness (QED) is 0.784. The van der Waals surface area contributed by atoms with Crippen LogP contribution in [0, 0.1) is 18.8 Å². The van der Waals surface area contributed by atoms with Crippen LogP contribution in [0.25, 0.3) is 5.78 Å². The number of aryl methyl sites for hydroxylation is 1. The van der Waals surface area contributed by atoms with Gasteiger partial charge in [0.05, 0.1) is 0 Å². The first kappa shape index (κ1) is 11.2. The van der Waals surface area contributed by atoms with Crippen LogP contribution >= 0.6 is 0 Å². The SMILES string of the molecule is Cc1cc(N2C[C@H]3CCCC[C@@H]3C2)n2ncnc2n1. The molecule has 0 radical (unpaired) electrons. The van der Waals surface area contributed by atoms with Crippen molar-refractivity contribution in [3.05, 3.63) is 18.1 Å². The van der Waals surface area contributed by atoms with Crippen molar-refractivity contribution in [2.24, 2.45) is 11.8 Å². The molecule has 2 aromatic rings. The van der Waals surface area contributed by atoms with E-state index >= 15 is 0 Å². The van der Waals surface area contributed by atoms with Crippen LogP contribution in [-0.4, -0.2) is 32.7 Å². The van der Waals surface area contributed by atoms with E-state index in [0.29, 0.717) is 5.78 Å². The van der Waals surface area contributed by atoms with Gasteiger partial charge in [-0.05, 0) is 31.6 Å². The van der Waals surface area contributed by atoms with Crippen molar-refractivity contribution < 1.29 is 0 Å². The van der Waals surface area contributed by atoms with E-state index in [4.69, 9.17) is 0 Å². The van der Waals surface area contributed by atoms with Gasteiger partial charge >= 0.3 is 0 Å². The van der Waals surface area contributed by atoms with Crippen LogP contribution in [-0.2, 0) is 0 Å². The summed E-state index contributed by atoms with van der Waals surface area (Å²) >= 11 is 0. The number of nitrogens with zero attached hydrogens (tertiary/aromatic N) is 5. The maximum Gasteiger partial charge on any atom is 0.254 e. The van der Waals surface area contributed by atoms with E-state index in [1.165, 1.54) is 38.8 Å². The topological polar surface area (TPSA) is 46.3 Å². The Balaban J connectivity index is 1.72. The van der Waals surface area contributed by atoms with Crippen LogP contribution in [0.15, 0.2) is 12.4 Å². The Labute approximate surface area is 112 Å². The van der Waals surface area contributed by atoms with Crippen molar-refractivity contribution in [2.45, 2.75) is 32.6 Å².